The Hall–Kier alpha value is -1.41. The number of aromatic nitrogens is 1. The molecule has 3 rings (SSSR count). The molecule has 1 heterocycles. The van der Waals surface area contributed by atoms with Crippen LogP contribution in [-0.2, 0) is 12.8 Å². The minimum atomic E-state index is -0.333. The lowest BCUT2D eigenvalue weighted by atomic mass is 10.0. The molecule has 0 aliphatic heterocycles. The molecule has 0 saturated heterocycles. The summed E-state index contributed by atoms with van der Waals surface area (Å²) in [6.45, 7) is 8.26. The van der Waals surface area contributed by atoms with E-state index in [1.165, 1.54) is 4.88 Å². The number of aryl methyl sites for hydroxylation is 2. The number of nitro benzene ring substituents is 1. The maximum Gasteiger partial charge on any atom is 0.270 e. The summed E-state index contributed by atoms with van der Waals surface area (Å²) in [6.07, 6.45) is 2.98. The summed E-state index contributed by atoms with van der Waals surface area (Å²) in [6, 6.07) is 5.16. The number of fused-ring (bicyclic) bond motifs is 3. The molecule has 0 bridgehead atoms. The van der Waals surface area contributed by atoms with E-state index in [0.29, 0.717) is 0 Å². The average Bonchev–Trinajstić information content (AvgIpc) is 2.94. The summed E-state index contributed by atoms with van der Waals surface area (Å²) in [5, 5.41) is 15.5. The first-order valence-electron chi connectivity index (χ1n) is 8.86. The van der Waals surface area contributed by atoms with Crippen LogP contribution in [0, 0.1) is 10.1 Å². The van der Waals surface area contributed by atoms with E-state index >= 15 is 0 Å². The molecule has 0 radical (unpaired) electrons. The smallest absolute Gasteiger partial charge is 0.270 e. The first-order valence-corrected chi connectivity index (χ1v) is 9.67. The van der Waals surface area contributed by atoms with Crippen LogP contribution in [0.5, 0.6) is 0 Å². The van der Waals surface area contributed by atoms with E-state index in [2.05, 4.69) is 24.1 Å². The molecule has 1 aliphatic carbocycles. The second-order valence-corrected chi connectivity index (χ2v) is 7.28. The minimum absolute atomic E-state index is 0. The summed E-state index contributed by atoms with van der Waals surface area (Å²) in [5.41, 5.74) is 3.14. The highest BCUT2D eigenvalue weighted by Crippen LogP contribution is 2.38. The van der Waals surface area contributed by atoms with Crippen molar-refractivity contribution in [3.8, 4) is 11.3 Å². The minimum Gasteiger partial charge on any atom is -0.360 e. The fourth-order valence-electron chi connectivity index (χ4n) is 3.22. The van der Waals surface area contributed by atoms with Gasteiger partial charge in [0.2, 0.25) is 0 Å². The predicted octanol–water partition coefficient (Wildman–Crippen LogP) is 4.80. The number of thiazole rings is 1. The molecule has 1 N–H and O–H groups in total. The maximum atomic E-state index is 11.1. The van der Waals surface area contributed by atoms with Gasteiger partial charge >= 0.3 is 0 Å². The Balaban J connectivity index is 0.00000182. The van der Waals surface area contributed by atoms with Crippen molar-refractivity contribution in [2.24, 2.45) is 0 Å². The summed E-state index contributed by atoms with van der Waals surface area (Å²) in [5.74, 6) is 0. The van der Waals surface area contributed by atoms with Gasteiger partial charge in [0, 0.05) is 35.7 Å². The van der Waals surface area contributed by atoms with Crippen LogP contribution in [0.1, 0.15) is 30.7 Å². The molecule has 0 atom stereocenters. The third-order valence-electron chi connectivity index (χ3n) is 4.71. The Morgan fingerprint density at radius 3 is 2.67 bits per heavy atom. The molecule has 1 aromatic heterocycles. The Kier molecular flexibility index (Phi) is 9.45. The normalized spacial score (nSPS) is 12.3. The maximum absolute atomic E-state index is 11.1. The van der Waals surface area contributed by atoms with E-state index in [9.17, 15) is 10.1 Å². The van der Waals surface area contributed by atoms with Gasteiger partial charge in [-0.05, 0) is 37.9 Å². The van der Waals surface area contributed by atoms with Crippen LogP contribution in [0.25, 0.3) is 11.3 Å². The van der Waals surface area contributed by atoms with Gasteiger partial charge in [0.05, 0.1) is 10.6 Å². The number of benzene rings is 1. The Labute approximate surface area is 176 Å². The van der Waals surface area contributed by atoms with Crippen LogP contribution in [0.15, 0.2) is 18.2 Å². The number of halogens is 2. The first-order chi connectivity index (χ1) is 12.1. The SMILES string of the molecule is CCN(CC)CCNc1nc2c(s1)CCCc1ccc([N+](=O)[O-])cc1-2.Cl.Cl. The van der Waals surface area contributed by atoms with Gasteiger partial charge in [-0.15, -0.1) is 36.2 Å². The highest BCUT2D eigenvalue weighted by Gasteiger charge is 2.21. The second-order valence-electron chi connectivity index (χ2n) is 6.20. The van der Waals surface area contributed by atoms with Crippen LogP contribution in [0.2, 0.25) is 0 Å². The van der Waals surface area contributed by atoms with Gasteiger partial charge in [-0.1, -0.05) is 19.9 Å². The van der Waals surface area contributed by atoms with Gasteiger partial charge in [-0.3, -0.25) is 10.1 Å². The van der Waals surface area contributed by atoms with Gasteiger partial charge in [-0.25, -0.2) is 4.98 Å². The lowest BCUT2D eigenvalue weighted by Crippen LogP contribution is -2.28. The second kappa shape index (κ2) is 10.8. The van der Waals surface area contributed by atoms with Crippen LogP contribution in [0.3, 0.4) is 0 Å². The van der Waals surface area contributed by atoms with E-state index in [1.807, 2.05) is 6.07 Å². The van der Waals surface area contributed by atoms with Gasteiger partial charge in [-0.2, -0.15) is 0 Å². The summed E-state index contributed by atoms with van der Waals surface area (Å²) < 4.78 is 0. The standard InChI is InChI=1S/C18H24N4O2S.2ClH/c1-3-21(4-2)11-10-19-18-20-17-15-12-14(22(23)24)9-8-13(15)6-5-7-16(17)25-18;;/h8-9,12H,3-7,10-11H2,1-2H3,(H,19,20);2*1H. The summed E-state index contributed by atoms with van der Waals surface area (Å²) in [7, 11) is 0. The lowest BCUT2D eigenvalue weighted by Gasteiger charge is -2.17. The van der Waals surface area contributed by atoms with E-state index in [-0.39, 0.29) is 35.4 Å². The molecule has 2 aromatic rings. The van der Waals surface area contributed by atoms with Gasteiger partial charge < -0.3 is 10.2 Å². The number of rotatable bonds is 7. The van der Waals surface area contributed by atoms with Crippen LogP contribution >= 0.6 is 36.2 Å². The highest BCUT2D eigenvalue weighted by atomic mass is 35.5. The highest BCUT2D eigenvalue weighted by molar-refractivity contribution is 7.16. The average molecular weight is 433 g/mol. The van der Waals surface area contributed by atoms with Crippen LogP contribution in [-0.4, -0.2) is 41.0 Å². The van der Waals surface area contributed by atoms with E-state index in [1.54, 1.807) is 23.5 Å². The third kappa shape index (κ3) is 5.54. The number of non-ortho nitro benzene ring substituents is 1. The number of nitrogens with one attached hydrogen (secondary N) is 1. The number of likely N-dealkylation sites (N-methyl/N-ethyl adjacent to an activating group) is 1. The number of hydrogen-bond donors (Lipinski definition) is 1. The van der Waals surface area contributed by atoms with Crippen molar-refractivity contribution in [1.82, 2.24) is 9.88 Å². The number of nitrogens with zero attached hydrogens (tertiary/aromatic N) is 3. The fourth-order valence-corrected chi connectivity index (χ4v) is 4.27. The zero-order chi connectivity index (χ0) is 17.8. The zero-order valence-electron chi connectivity index (χ0n) is 15.6. The van der Waals surface area contributed by atoms with Gasteiger partial charge in [0.25, 0.3) is 5.69 Å². The molecule has 9 heteroatoms. The van der Waals surface area contributed by atoms with Crippen molar-refractivity contribution in [1.29, 1.82) is 0 Å². The summed E-state index contributed by atoms with van der Waals surface area (Å²) in [4.78, 5) is 19.1. The zero-order valence-corrected chi connectivity index (χ0v) is 18.0. The topological polar surface area (TPSA) is 71.3 Å². The Bertz CT molecular complexity index is 766. The fraction of sp³-hybridized carbons (Fsp3) is 0.500. The van der Waals surface area contributed by atoms with Crippen molar-refractivity contribution in [2.45, 2.75) is 33.1 Å². The monoisotopic (exact) mass is 432 g/mol. The molecule has 6 nitrogen and oxygen atoms in total. The van der Waals surface area contributed by atoms with Crippen molar-refractivity contribution in [3.63, 3.8) is 0 Å². The molecular weight excluding hydrogens is 407 g/mol. The molecule has 0 unspecified atom stereocenters. The Morgan fingerprint density at radius 1 is 1.26 bits per heavy atom. The molecule has 27 heavy (non-hydrogen) atoms. The van der Waals surface area contributed by atoms with Crippen molar-refractivity contribution in [2.75, 3.05) is 31.5 Å². The number of nitro groups is 1. The number of hydrogen-bond acceptors (Lipinski definition) is 6. The van der Waals surface area contributed by atoms with Crippen LogP contribution in [0.4, 0.5) is 10.8 Å². The van der Waals surface area contributed by atoms with Gasteiger partial charge in [0.1, 0.15) is 0 Å². The van der Waals surface area contributed by atoms with Crippen molar-refractivity contribution >= 4 is 47.0 Å². The largest absolute Gasteiger partial charge is 0.360 e. The van der Waals surface area contributed by atoms with Crippen molar-refractivity contribution in [3.05, 3.63) is 38.8 Å². The molecule has 150 valence electrons. The summed E-state index contributed by atoms with van der Waals surface area (Å²) >= 11 is 1.68. The lowest BCUT2D eigenvalue weighted by molar-refractivity contribution is -0.384. The van der Waals surface area contributed by atoms with E-state index in [4.69, 9.17) is 4.98 Å². The van der Waals surface area contributed by atoms with Crippen LogP contribution < -0.4 is 5.32 Å². The van der Waals surface area contributed by atoms with Gasteiger partial charge in [0.15, 0.2) is 5.13 Å². The number of anilines is 1. The van der Waals surface area contributed by atoms with E-state index in [0.717, 1.165) is 67.4 Å². The molecule has 0 amide bonds. The third-order valence-corrected chi connectivity index (χ3v) is 5.78. The molecule has 1 aromatic carbocycles. The first kappa shape index (κ1) is 23.6. The molecule has 0 spiro atoms. The van der Waals surface area contributed by atoms with E-state index < -0.39 is 0 Å². The Morgan fingerprint density at radius 2 is 2.00 bits per heavy atom. The molecule has 1 aliphatic rings. The van der Waals surface area contributed by atoms with Crippen molar-refractivity contribution < 1.29 is 4.92 Å². The molecule has 0 saturated carbocycles. The molecular formula is C18H26Cl2N4O2S. The molecule has 0 fully saturated rings. The predicted molar refractivity (Wildman–Crippen MR) is 117 cm³/mol. The quantitative estimate of drug-likeness (QED) is 0.502.